The summed E-state index contributed by atoms with van der Waals surface area (Å²) < 4.78 is 24.2. The third kappa shape index (κ3) is 4.85. The van der Waals surface area contributed by atoms with Gasteiger partial charge in [0.1, 0.15) is 16.6 Å². The van der Waals surface area contributed by atoms with Crippen molar-refractivity contribution in [2.45, 2.75) is 12.5 Å². The molecule has 1 amide bonds. The lowest BCUT2D eigenvalue weighted by atomic mass is 9.95. The van der Waals surface area contributed by atoms with Gasteiger partial charge in [-0.3, -0.25) is 9.59 Å². The summed E-state index contributed by atoms with van der Waals surface area (Å²) in [5.74, 6) is -2.45. The standard InChI is InChI=1S/C24H25Cl2FN2O5/c1-28(2)10-5-11-29-19(13-6-8-14(27)9-7-13)17(21(31)24(29)32)20(30)15-12-16(25)23(34-4)18(26)22(15)33-3/h6-9,12,19,30H,5,10-11H2,1-4H3/b20-17+. The van der Waals surface area contributed by atoms with Crippen LogP contribution in [0, 0.1) is 5.82 Å². The molecule has 1 fully saturated rings. The highest BCUT2D eigenvalue weighted by atomic mass is 35.5. The minimum absolute atomic E-state index is 0.00223. The molecule has 0 aliphatic carbocycles. The van der Waals surface area contributed by atoms with Gasteiger partial charge in [-0.25, -0.2) is 4.39 Å². The van der Waals surface area contributed by atoms with Gasteiger partial charge in [0.15, 0.2) is 11.5 Å². The Morgan fingerprint density at radius 2 is 1.74 bits per heavy atom. The molecule has 1 atom stereocenters. The molecule has 1 unspecified atom stereocenters. The monoisotopic (exact) mass is 510 g/mol. The van der Waals surface area contributed by atoms with Crippen molar-refractivity contribution >= 4 is 40.7 Å². The van der Waals surface area contributed by atoms with Crippen LogP contribution in [-0.2, 0) is 9.59 Å². The van der Waals surface area contributed by atoms with Gasteiger partial charge in [0.25, 0.3) is 11.7 Å². The zero-order valence-electron chi connectivity index (χ0n) is 19.2. The third-order valence-corrected chi connectivity index (χ3v) is 6.15. The Morgan fingerprint density at radius 1 is 1.12 bits per heavy atom. The van der Waals surface area contributed by atoms with E-state index in [4.69, 9.17) is 32.7 Å². The number of benzene rings is 2. The molecule has 1 aliphatic rings. The second-order valence-corrected chi connectivity index (χ2v) is 8.77. The van der Waals surface area contributed by atoms with Crippen molar-refractivity contribution < 1.29 is 28.6 Å². The molecule has 2 aromatic carbocycles. The molecular formula is C24H25Cl2FN2O5. The second kappa shape index (κ2) is 10.6. The summed E-state index contributed by atoms with van der Waals surface area (Å²) in [6, 6.07) is 5.83. The van der Waals surface area contributed by atoms with Crippen LogP contribution in [0.25, 0.3) is 5.76 Å². The number of amides is 1. The lowest BCUT2D eigenvalue weighted by Crippen LogP contribution is -2.32. The molecule has 10 heteroatoms. The van der Waals surface area contributed by atoms with Gasteiger partial charge < -0.3 is 24.4 Å². The minimum atomic E-state index is -0.938. The van der Waals surface area contributed by atoms with E-state index >= 15 is 0 Å². The number of hydrogen-bond donors (Lipinski definition) is 1. The molecule has 0 spiro atoms. The average Bonchev–Trinajstić information content (AvgIpc) is 3.04. The number of likely N-dealkylation sites (tertiary alicyclic amines) is 1. The molecule has 0 radical (unpaired) electrons. The van der Waals surface area contributed by atoms with Gasteiger partial charge in [0.2, 0.25) is 0 Å². The number of halogens is 3. The predicted octanol–water partition coefficient (Wildman–Crippen LogP) is 4.52. The number of rotatable bonds is 8. The number of carbonyl (C=O) groups excluding carboxylic acids is 2. The predicted molar refractivity (Wildman–Crippen MR) is 128 cm³/mol. The Morgan fingerprint density at radius 3 is 2.29 bits per heavy atom. The van der Waals surface area contributed by atoms with Gasteiger partial charge in [-0.1, -0.05) is 35.3 Å². The lowest BCUT2D eigenvalue weighted by molar-refractivity contribution is -0.139. The molecule has 1 heterocycles. The molecule has 0 bridgehead atoms. The van der Waals surface area contributed by atoms with Crippen molar-refractivity contribution in [3.8, 4) is 11.5 Å². The fraction of sp³-hybridized carbons (Fsp3) is 0.333. The van der Waals surface area contributed by atoms with Crippen LogP contribution in [-0.4, -0.2) is 68.0 Å². The number of methoxy groups -OCH3 is 2. The van der Waals surface area contributed by atoms with E-state index < -0.39 is 29.3 Å². The highest BCUT2D eigenvalue weighted by Gasteiger charge is 2.46. The number of Topliss-reactive ketones (excluding diaryl/α,β-unsaturated/α-hetero) is 1. The molecule has 0 saturated carbocycles. The zero-order chi connectivity index (χ0) is 25.2. The lowest BCUT2D eigenvalue weighted by Gasteiger charge is -2.26. The van der Waals surface area contributed by atoms with E-state index in [2.05, 4.69) is 0 Å². The first kappa shape index (κ1) is 25.8. The summed E-state index contributed by atoms with van der Waals surface area (Å²) >= 11 is 12.6. The van der Waals surface area contributed by atoms with Gasteiger partial charge in [0.05, 0.1) is 36.4 Å². The van der Waals surface area contributed by atoms with E-state index in [0.29, 0.717) is 18.5 Å². The van der Waals surface area contributed by atoms with Crippen molar-refractivity contribution in [3.05, 3.63) is 62.9 Å². The van der Waals surface area contributed by atoms with Crippen molar-refractivity contribution in [2.24, 2.45) is 0 Å². The van der Waals surface area contributed by atoms with Crippen molar-refractivity contribution in [2.75, 3.05) is 41.4 Å². The Labute approximate surface area is 207 Å². The number of aliphatic hydroxyl groups is 1. The maximum atomic E-state index is 13.6. The number of nitrogens with zero attached hydrogens (tertiary/aromatic N) is 2. The number of aliphatic hydroxyl groups excluding tert-OH is 1. The van der Waals surface area contributed by atoms with E-state index in [9.17, 15) is 19.1 Å². The Kier molecular flexibility index (Phi) is 8.07. The minimum Gasteiger partial charge on any atom is -0.507 e. The van der Waals surface area contributed by atoms with Gasteiger partial charge in [0, 0.05) is 6.54 Å². The van der Waals surface area contributed by atoms with Gasteiger partial charge in [-0.2, -0.15) is 0 Å². The molecule has 182 valence electrons. The Bertz CT molecular complexity index is 1140. The largest absolute Gasteiger partial charge is 0.507 e. The first-order valence-electron chi connectivity index (χ1n) is 10.4. The summed E-state index contributed by atoms with van der Waals surface area (Å²) in [4.78, 5) is 29.5. The van der Waals surface area contributed by atoms with Crippen LogP contribution in [0.2, 0.25) is 10.0 Å². The maximum absolute atomic E-state index is 13.6. The number of hydrogen-bond acceptors (Lipinski definition) is 6. The van der Waals surface area contributed by atoms with Crippen LogP contribution >= 0.6 is 23.2 Å². The molecular weight excluding hydrogens is 486 g/mol. The molecule has 0 aromatic heterocycles. The smallest absolute Gasteiger partial charge is 0.295 e. The van der Waals surface area contributed by atoms with Crippen LogP contribution < -0.4 is 9.47 Å². The van der Waals surface area contributed by atoms with E-state index in [-0.39, 0.29) is 39.2 Å². The van der Waals surface area contributed by atoms with Crippen molar-refractivity contribution in [1.29, 1.82) is 0 Å². The molecule has 3 rings (SSSR count). The zero-order valence-corrected chi connectivity index (χ0v) is 20.7. The highest BCUT2D eigenvalue weighted by Crippen LogP contribution is 2.47. The van der Waals surface area contributed by atoms with E-state index in [1.807, 2.05) is 19.0 Å². The highest BCUT2D eigenvalue weighted by molar-refractivity contribution is 6.47. The van der Waals surface area contributed by atoms with Gasteiger partial charge in [-0.05, 0) is 50.8 Å². The molecule has 1 saturated heterocycles. The van der Waals surface area contributed by atoms with Crippen LogP contribution in [0.5, 0.6) is 11.5 Å². The summed E-state index contributed by atoms with van der Waals surface area (Å²) in [6.45, 7) is 0.930. The molecule has 1 aliphatic heterocycles. The van der Waals surface area contributed by atoms with E-state index in [0.717, 1.165) is 0 Å². The molecule has 2 aromatic rings. The van der Waals surface area contributed by atoms with Gasteiger partial charge >= 0.3 is 0 Å². The molecule has 7 nitrogen and oxygen atoms in total. The van der Waals surface area contributed by atoms with Gasteiger partial charge in [-0.15, -0.1) is 0 Å². The maximum Gasteiger partial charge on any atom is 0.295 e. The third-order valence-electron chi connectivity index (χ3n) is 5.52. The first-order valence-corrected chi connectivity index (χ1v) is 11.2. The van der Waals surface area contributed by atoms with E-state index in [1.165, 1.54) is 49.5 Å². The summed E-state index contributed by atoms with van der Waals surface area (Å²) in [6.07, 6.45) is 0.585. The van der Waals surface area contributed by atoms with Crippen LogP contribution in [0.1, 0.15) is 23.6 Å². The van der Waals surface area contributed by atoms with Crippen LogP contribution in [0.15, 0.2) is 35.9 Å². The quantitative estimate of drug-likeness (QED) is 0.319. The van der Waals surface area contributed by atoms with Crippen LogP contribution in [0.3, 0.4) is 0 Å². The molecule has 34 heavy (non-hydrogen) atoms. The number of carbonyl (C=O) groups is 2. The van der Waals surface area contributed by atoms with Crippen molar-refractivity contribution in [3.63, 3.8) is 0 Å². The van der Waals surface area contributed by atoms with Crippen LogP contribution in [0.4, 0.5) is 4.39 Å². The number of ether oxygens (including phenoxy) is 2. The fourth-order valence-corrected chi connectivity index (χ4v) is 4.64. The summed E-state index contributed by atoms with van der Waals surface area (Å²) in [7, 11) is 6.51. The average molecular weight is 511 g/mol. The summed E-state index contributed by atoms with van der Waals surface area (Å²) in [5.41, 5.74) is 0.324. The number of ketones is 1. The first-order chi connectivity index (χ1) is 16.1. The topological polar surface area (TPSA) is 79.3 Å². The Hall–Kier alpha value is -2.81. The van der Waals surface area contributed by atoms with E-state index in [1.54, 1.807) is 0 Å². The Balaban J connectivity index is 2.22. The normalized spacial score (nSPS) is 17.5. The summed E-state index contributed by atoms with van der Waals surface area (Å²) in [5, 5.41) is 11.4. The second-order valence-electron chi connectivity index (χ2n) is 7.99. The van der Waals surface area contributed by atoms with Crippen molar-refractivity contribution in [1.82, 2.24) is 9.80 Å². The fourth-order valence-electron chi connectivity index (χ4n) is 3.95. The molecule has 1 N–H and O–H groups in total. The SMILES string of the molecule is COc1c(Cl)cc(/C(O)=C2\C(=O)C(=O)N(CCCN(C)C)C2c2ccc(F)cc2)c(OC)c1Cl.